The van der Waals surface area contributed by atoms with E-state index in [1.807, 2.05) is 0 Å². The molecule has 0 aliphatic carbocycles. The Kier molecular flexibility index (Phi) is 2.13. The molecule has 0 atom stereocenters. The monoisotopic (exact) mass is 222 g/mol. The van der Waals surface area contributed by atoms with Crippen molar-refractivity contribution >= 4 is 26.6 Å². The molecule has 2 rings (SSSR count). The average molecular weight is 222 g/mol. The molecule has 0 aliphatic heterocycles. The normalized spacial score (nSPS) is 11.8. The van der Waals surface area contributed by atoms with E-state index in [9.17, 15) is 8.42 Å². The first-order chi connectivity index (χ1) is 7.00. The number of hydrogen-bond acceptors (Lipinski definition) is 2. The second kappa shape index (κ2) is 3.22. The number of benzene rings is 2. The quantitative estimate of drug-likeness (QED) is 0.749. The maximum absolute atomic E-state index is 11.1. The van der Waals surface area contributed by atoms with E-state index in [1.54, 1.807) is 24.3 Å². The van der Waals surface area contributed by atoms with Crippen molar-refractivity contribution < 1.29 is 13.0 Å². The Bertz CT molecular complexity index is 620. The topological polar surface area (TPSA) is 78.2 Å². The highest BCUT2D eigenvalue weighted by molar-refractivity contribution is 7.86. The van der Waals surface area contributed by atoms with Gasteiger partial charge in [0.15, 0.2) is 0 Å². The van der Waals surface area contributed by atoms with E-state index in [0.717, 1.165) is 0 Å². The lowest BCUT2D eigenvalue weighted by molar-refractivity contribution is 0.484. The summed E-state index contributed by atoms with van der Waals surface area (Å²) in [4.78, 5) is -0.158. The van der Waals surface area contributed by atoms with E-state index in [2.05, 4.69) is 0 Å². The summed E-state index contributed by atoms with van der Waals surface area (Å²) in [5.41, 5.74) is 7.82. The van der Waals surface area contributed by atoms with Gasteiger partial charge in [-0.05, 0) is 12.1 Å². The van der Waals surface area contributed by atoms with Gasteiger partial charge in [-0.2, -0.15) is 8.42 Å². The van der Waals surface area contributed by atoms with Gasteiger partial charge in [-0.1, -0.05) is 24.3 Å². The summed E-state index contributed by atoms with van der Waals surface area (Å²) in [6, 6.07) is 9.18. The highest BCUT2D eigenvalue weighted by atomic mass is 32.2. The third-order valence-corrected chi connectivity index (χ3v) is 3.07. The maximum atomic E-state index is 11.1. The van der Waals surface area contributed by atoms with Gasteiger partial charge in [0.2, 0.25) is 0 Å². The highest BCUT2D eigenvalue weighted by Gasteiger charge is 2.14. The van der Waals surface area contributed by atoms with Crippen LogP contribution >= 0.6 is 0 Å². The van der Waals surface area contributed by atoms with Crippen LogP contribution in [0.1, 0.15) is 0 Å². The van der Waals surface area contributed by atoms with Crippen molar-refractivity contribution in [1.29, 1.82) is 0 Å². The van der Waals surface area contributed by atoms with Gasteiger partial charge in [0.1, 0.15) is 4.90 Å². The minimum atomic E-state index is -4.23. The van der Waals surface area contributed by atoms with Gasteiger partial charge < -0.3 is 5.73 Å². The lowest BCUT2D eigenvalue weighted by atomic mass is 10.1. The van der Waals surface area contributed by atoms with Crippen LogP contribution in [0.5, 0.6) is 0 Å². The predicted octanol–water partition coefficient (Wildman–Crippen LogP) is 2.00. The summed E-state index contributed by atoms with van der Waals surface area (Å²) in [6.07, 6.45) is 0. The zero-order chi connectivity index (χ0) is 11.1. The predicted molar refractivity (Wildman–Crippen MR) is 56.5 cm³/mol. The molecular weight excluding hydrogens is 214 g/mol. The van der Waals surface area contributed by atoms with Crippen LogP contribution in [0.4, 0.5) is 5.69 Å². The molecule has 4 nitrogen and oxygen atoms in total. The average Bonchev–Trinajstić information content (AvgIpc) is 2.17. The van der Waals surface area contributed by atoms with E-state index >= 15 is 0 Å². The van der Waals surface area contributed by atoms with Gasteiger partial charge >= 0.3 is 0 Å². The van der Waals surface area contributed by atoms with Crippen molar-refractivity contribution in [1.82, 2.24) is 5.73 Å². The molecule has 2 aromatic carbocycles. The van der Waals surface area contributed by atoms with Crippen LogP contribution in [0, 0.1) is 0 Å². The Morgan fingerprint density at radius 1 is 1.00 bits per heavy atom. The fourth-order valence-electron chi connectivity index (χ4n) is 1.50. The summed E-state index contributed by atoms with van der Waals surface area (Å²) in [5.74, 6) is 0. The second-order valence-electron chi connectivity index (χ2n) is 3.13. The van der Waals surface area contributed by atoms with E-state index in [0.29, 0.717) is 10.8 Å². The van der Waals surface area contributed by atoms with Gasteiger partial charge in [-0.25, -0.2) is 0 Å². The SMILES string of the molecule is [NH]c1ccc(S(=O)(=O)O)c2ccccc12. The molecule has 5 heteroatoms. The van der Waals surface area contributed by atoms with Gasteiger partial charge in [-0.15, -0.1) is 0 Å². The van der Waals surface area contributed by atoms with Crippen LogP contribution in [-0.4, -0.2) is 13.0 Å². The molecule has 0 fully saturated rings. The number of hydrogen-bond donors (Lipinski definition) is 1. The molecule has 0 spiro atoms. The molecule has 15 heavy (non-hydrogen) atoms. The number of fused-ring (bicyclic) bond motifs is 1. The molecule has 0 aromatic heterocycles. The van der Waals surface area contributed by atoms with Crippen molar-refractivity contribution in [3.63, 3.8) is 0 Å². The minimum Gasteiger partial charge on any atom is -0.300 e. The Balaban J connectivity index is 2.96. The summed E-state index contributed by atoms with van der Waals surface area (Å²) < 4.78 is 31.1. The lowest BCUT2D eigenvalue weighted by Gasteiger charge is -2.05. The Morgan fingerprint density at radius 3 is 2.20 bits per heavy atom. The standard InChI is InChI=1S/C10H8NO3S/c11-9-5-6-10(15(12,13)14)8-4-2-1-3-7(8)9/h1-6,11H,(H,12,13,14). The Hall–Kier alpha value is -1.59. The smallest absolute Gasteiger partial charge is 0.295 e. The van der Waals surface area contributed by atoms with E-state index in [1.165, 1.54) is 12.1 Å². The lowest BCUT2D eigenvalue weighted by Crippen LogP contribution is -1.99. The van der Waals surface area contributed by atoms with Gasteiger partial charge in [0.05, 0.1) is 5.69 Å². The maximum Gasteiger partial charge on any atom is 0.295 e. The molecule has 0 saturated carbocycles. The number of nitrogens with one attached hydrogen (secondary N) is 1. The van der Waals surface area contributed by atoms with Crippen molar-refractivity contribution in [3.05, 3.63) is 36.4 Å². The summed E-state index contributed by atoms with van der Waals surface area (Å²) in [6.45, 7) is 0. The van der Waals surface area contributed by atoms with Crippen LogP contribution in [0.25, 0.3) is 10.8 Å². The van der Waals surface area contributed by atoms with Crippen molar-refractivity contribution in [3.8, 4) is 0 Å². The molecule has 0 bridgehead atoms. The molecule has 0 heterocycles. The van der Waals surface area contributed by atoms with Crippen LogP contribution in [0.15, 0.2) is 41.3 Å². The van der Waals surface area contributed by atoms with Gasteiger partial charge in [0, 0.05) is 10.8 Å². The van der Waals surface area contributed by atoms with Crippen LogP contribution in [-0.2, 0) is 10.1 Å². The molecule has 77 valence electrons. The van der Waals surface area contributed by atoms with Gasteiger partial charge in [0.25, 0.3) is 10.1 Å². The molecule has 1 radical (unpaired) electrons. The van der Waals surface area contributed by atoms with Crippen LogP contribution in [0.2, 0.25) is 0 Å². The van der Waals surface area contributed by atoms with Gasteiger partial charge in [-0.3, -0.25) is 4.55 Å². The van der Waals surface area contributed by atoms with E-state index < -0.39 is 10.1 Å². The largest absolute Gasteiger partial charge is 0.300 e. The summed E-state index contributed by atoms with van der Waals surface area (Å²) in [7, 11) is -4.23. The highest BCUT2D eigenvalue weighted by Crippen LogP contribution is 2.27. The Morgan fingerprint density at radius 2 is 1.60 bits per heavy atom. The second-order valence-corrected chi connectivity index (χ2v) is 4.52. The van der Waals surface area contributed by atoms with Crippen LogP contribution < -0.4 is 5.73 Å². The fourth-order valence-corrected chi connectivity index (χ4v) is 2.19. The fraction of sp³-hybridized carbons (Fsp3) is 0. The molecule has 2 N–H and O–H groups in total. The third-order valence-electron chi connectivity index (χ3n) is 2.16. The van der Waals surface area contributed by atoms with E-state index in [4.69, 9.17) is 10.3 Å². The molecule has 0 amide bonds. The minimum absolute atomic E-state index is 0.158. The van der Waals surface area contributed by atoms with Crippen molar-refractivity contribution in [2.45, 2.75) is 4.90 Å². The Labute approximate surface area is 87.1 Å². The first-order valence-electron chi connectivity index (χ1n) is 4.21. The van der Waals surface area contributed by atoms with E-state index in [-0.39, 0.29) is 10.6 Å². The molecular formula is C10H8NO3S. The first kappa shape index (κ1) is 9.95. The van der Waals surface area contributed by atoms with Crippen LogP contribution in [0.3, 0.4) is 0 Å². The molecule has 2 aromatic rings. The third kappa shape index (κ3) is 1.67. The molecule has 0 saturated heterocycles. The summed E-state index contributed by atoms with van der Waals surface area (Å²) >= 11 is 0. The first-order valence-corrected chi connectivity index (χ1v) is 5.65. The van der Waals surface area contributed by atoms with Crippen molar-refractivity contribution in [2.24, 2.45) is 0 Å². The molecule has 0 aliphatic rings. The number of rotatable bonds is 1. The summed E-state index contributed by atoms with van der Waals surface area (Å²) in [5, 5.41) is 0.875. The zero-order valence-electron chi connectivity index (χ0n) is 7.64. The zero-order valence-corrected chi connectivity index (χ0v) is 8.45. The van der Waals surface area contributed by atoms with Crippen molar-refractivity contribution in [2.75, 3.05) is 0 Å². The molecule has 0 unspecified atom stereocenters.